The van der Waals surface area contributed by atoms with E-state index in [1.54, 1.807) is 0 Å². The molecule has 3 rings (SSSR count). The van der Waals surface area contributed by atoms with Crippen molar-refractivity contribution in [1.29, 1.82) is 0 Å². The summed E-state index contributed by atoms with van der Waals surface area (Å²) in [5.74, 6) is -0.991. The van der Waals surface area contributed by atoms with Gasteiger partial charge in [-0.1, -0.05) is 0 Å². The predicted molar refractivity (Wildman–Crippen MR) is 76.0 cm³/mol. The zero-order valence-corrected chi connectivity index (χ0v) is 12.8. The standard InChI is InChI=1S/C11H14FN4O7P/c12-11-15-5-3(1-14-6(5)10(13)16-11)9-8(18)7(17)4(23-9)2-22-24(19,20)21/h1,3-4,7-9,17-18H,2H2,(H2,13,15,16)(H2,19,20,21)/t3?,4-,7-,8+,9+/m1/s1. The molecular formula is C11H14FN4O7P. The van der Waals surface area contributed by atoms with E-state index in [1.807, 2.05) is 0 Å². The maximum atomic E-state index is 13.4. The summed E-state index contributed by atoms with van der Waals surface area (Å²) in [4.78, 5) is 28.3. The number of aliphatic hydroxyl groups is 2. The fourth-order valence-corrected chi connectivity index (χ4v) is 3.02. The first kappa shape index (κ1) is 17.3. The van der Waals surface area contributed by atoms with Crippen LogP contribution in [0.25, 0.3) is 0 Å². The lowest BCUT2D eigenvalue weighted by Gasteiger charge is -2.20. The average Bonchev–Trinajstić information content (AvgIpc) is 3.00. The molecule has 0 aliphatic carbocycles. The zero-order valence-electron chi connectivity index (χ0n) is 11.9. The quantitative estimate of drug-likeness (QED) is 0.315. The molecule has 0 bridgehead atoms. The van der Waals surface area contributed by atoms with Crippen LogP contribution >= 0.6 is 7.82 Å². The van der Waals surface area contributed by atoms with E-state index >= 15 is 0 Å². The van der Waals surface area contributed by atoms with Crippen molar-refractivity contribution in [2.75, 3.05) is 12.3 Å². The zero-order chi connectivity index (χ0) is 17.6. The molecule has 24 heavy (non-hydrogen) atoms. The third kappa shape index (κ3) is 3.17. The predicted octanol–water partition coefficient (Wildman–Crippen LogP) is -1.40. The van der Waals surface area contributed by atoms with Crippen molar-refractivity contribution in [2.45, 2.75) is 30.3 Å². The molecule has 132 valence electrons. The van der Waals surface area contributed by atoms with Crippen LogP contribution < -0.4 is 5.73 Å². The highest BCUT2D eigenvalue weighted by Crippen LogP contribution is 2.42. The van der Waals surface area contributed by atoms with E-state index in [4.69, 9.17) is 20.3 Å². The number of phosphoric ester groups is 1. The average molecular weight is 364 g/mol. The summed E-state index contributed by atoms with van der Waals surface area (Å²) in [5, 5.41) is 20.1. The highest BCUT2D eigenvalue weighted by Gasteiger charge is 2.48. The van der Waals surface area contributed by atoms with Crippen molar-refractivity contribution in [3.63, 3.8) is 0 Å². The molecule has 0 amide bonds. The first-order valence-electron chi connectivity index (χ1n) is 6.76. The van der Waals surface area contributed by atoms with Crippen LogP contribution in [0, 0.1) is 6.08 Å². The van der Waals surface area contributed by atoms with Gasteiger partial charge < -0.3 is 30.5 Å². The van der Waals surface area contributed by atoms with E-state index in [-0.39, 0.29) is 17.2 Å². The lowest BCUT2D eigenvalue weighted by Crippen LogP contribution is -2.36. The lowest BCUT2D eigenvalue weighted by molar-refractivity contribution is -0.0234. The monoisotopic (exact) mass is 364 g/mol. The molecule has 2 aliphatic heterocycles. The Balaban J connectivity index is 1.80. The Bertz CT molecular complexity index is 729. The van der Waals surface area contributed by atoms with Crippen molar-refractivity contribution in [2.24, 2.45) is 4.99 Å². The van der Waals surface area contributed by atoms with Crippen molar-refractivity contribution >= 4 is 25.5 Å². The summed E-state index contributed by atoms with van der Waals surface area (Å²) in [6.07, 6.45) is -4.93. The van der Waals surface area contributed by atoms with Gasteiger partial charge in [0.2, 0.25) is 0 Å². The van der Waals surface area contributed by atoms with Crippen LogP contribution in [-0.2, 0) is 13.8 Å². The van der Waals surface area contributed by atoms with E-state index in [2.05, 4.69) is 19.5 Å². The van der Waals surface area contributed by atoms with Gasteiger partial charge in [-0.15, -0.1) is 0 Å². The number of anilines is 1. The van der Waals surface area contributed by atoms with Crippen molar-refractivity contribution in [1.82, 2.24) is 9.97 Å². The summed E-state index contributed by atoms with van der Waals surface area (Å²) in [5.41, 5.74) is 5.79. The molecule has 13 heteroatoms. The number of phosphoric acid groups is 1. The van der Waals surface area contributed by atoms with Crippen LogP contribution in [0.3, 0.4) is 0 Å². The molecule has 1 aromatic heterocycles. The number of aliphatic imine (C=N–C) groups is 1. The molecule has 0 aromatic carbocycles. The fraction of sp³-hybridized carbons (Fsp3) is 0.545. The summed E-state index contributed by atoms with van der Waals surface area (Å²) < 4.78 is 33.8. The van der Waals surface area contributed by atoms with Crippen LogP contribution in [0.15, 0.2) is 4.99 Å². The van der Waals surface area contributed by atoms with Crippen molar-refractivity contribution in [3.8, 4) is 0 Å². The molecule has 2 aliphatic rings. The second kappa shape index (κ2) is 6.08. The Morgan fingerprint density at radius 3 is 2.71 bits per heavy atom. The number of fused-ring (bicyclic) bond motifs is 1. The number of nitrogen functional groups attached to an aromatic ring is 1. The SMILES string of the molecule is Nc1nc(F)nc2c1N=CC2[C@@H]1O[C@H](COP(=O)(O)O)[C@@H](O)[C@@H]1O. The highest BCUT2D eigenvalue weighted by atomic mass is 31.2. The smallest absolute Gasteiger partial charge is 0.388 e. The summed E-state index contributed by atoms with van der Waals surface area (Å²) in [7, 11) is -4.76. The van der Waals surface area contributed by atoms with Gasteiger partial charge >= 0.3 is 13.9 Å². The van der Waals surface area contributed by atoms with Gasteiger partial charge in [-0.25, -0.2) is 9.55 Å². The van der Waals surface area contributed by atoms with Gasteiger partial charge in [0.15, 0.2) is 5.82 Å². The first-order valence-corrected chi connectivity index (χ1v) is 8.29. The number of halogens is 1. The largest absolute Gasteiger partial charge is 0.469 e. The van der Waals surface area contributed by atoms with E-state index in [9.17, 15) is 19.2 Å². The number of hydrogen-bond acceptors (Lipinski definition) is 9. The molecule has 6 N–H and O–H groups in total. The van der Waals surface area contributed by atoms with Crippen molar-refractivity contribution < 1.29 is 38.2 Å². The number of nitrogens with zero attached hydrogens (tertiary/aromatic N) is 3. The van der Waals surface area contributed by atoms with Gasteiger partial charge in [0, 0.05) is 6.21 Å². The third-order valence-electron chi connectivity index (χ3n) is 3.75. The molecule has 11 nitrogen and oxygen atoms in total. The van der Waals surface area contributed by atoms with E-state index in [0.717, 1.165) is 0 Å². The summed E-state index contributed by atoms with van der Waals surface area (Å²) in [6, 6.07) is 0. The second-order valence-corrected chi connectivity index (χ2v) is 6.56. The van der Waals surface area contributed by atoms with E-state index < -0.39 is 50.8 Å². The van der Waals surface area contributed by atoms with Gasteiger partial charge in [-0.3, -0.25) is 9.52 Å². The molecule has 3 heterocycles. The lowest BCUT2D eigenvalue weighted by atomic mass is 9.94. The molecule has 5 atom stereocenters. The Kier molecular flexibility index (Phi) is 4.38. The number of aliphatic hydroxyl groups excluding tert-OH is 2. The van der Waals surface area contributed by atoms with Gasteiger partial charge in [-0.05, 0) is 0 Å². The van der Waals surface area contributed by atoms with Gasteiger partial charge in [-0.2, -0.15) is 9.37 Å². The Hall–Kier alpha value is -1.53. The Labute approximate surface area is 134 Å². The number of hydrogen-bond donors (Lipinski definition) is 5. The number of rotatable bonds is 4. The first-order chi connectivity index (χ1) is 11.2. The topological polar surface area (TPSA) is 181 Å². The number of ether oxygens (including phenoxy) is 1. The van der Waals surface area contributed by atoms with Crippen LogP contribution in [0.2, 0.25) is 0 Å². The second-order valence-electron chi connectivity index (χ2n) is 5.32. The molecule has 1 saturated heterocycles. The summed E-state index contributed by atoms with van der Waals surface area (Å²) >= 11 is 0. The minimum atomic E-state index is -4.76. The molecule has 1 aromatic rings. The molecular weight excluding hydrogens is 350 g/mol. The summed E-state index contributed by atoms with van der Waals surface area (Å²) in [6.45, 7) is -0.643. The molecule has 0 spiro atoms. The molecule has 1 unspecified atom stereocenters. The number of nitrogens with two attached hydrogens (primary N) is 1. The molecule has 1 fully saturated rings. The molecule has 0 saturated carbocycles. The maximum absolute atomic E-state index is 13.4. The van der Waals surface area contributed by atoms with E-state index in [1.165, 1.54) is 6.21 Å². The number of aromatic nitrogens is 2. The van der Waals surface area contributed by atoms with Crippen LogP contribution in [0.1, 0.15) is 11.6 Å². The normalized spacial score (nSPS) is 32.3. The minimum Gasteiger partial charge on any atom is -0.388 e. The Morgan fingerprint density at radius 2 is 2.04 bits per heavy atom. The minimum absolute atomic E-state index is 0.0906. The van der Waals surface area contributed by atoms with E-state index in [0.29, 0.717) is 0 Å². The fourth-order valence-electron chi connectivity index (χ4n) is 2.67. The van der Waals surface area contributed by atoms with Gasteiger partial charge in [0.05, 0.1) is 18.2 Å². The van der Waals surface area contributed by atoms with Crippen LogP contribution in [-0.4, -0.2) is 67.2 Å². The third-order valence-corrected chi connectivity index (χ3v) is 4.24. The van der Waals surface area contributed by atoms with Crippen LogP contribution in [0.4, 0.5) is 15.9 Å². The van der Waals surface area contributed by atoms with Gasteiger partial charge in [0.25, 0.3) is 0 Å². The Morgan fingerprint density at radius 1 is 1.33 bits per heavy atom. The maximum Gasteiger partial charge on any atom is 0.469 e. The van der Waals surface area contributed by atoms with Crippen LogP contribution in [0.5, 0.6) is 0 Å². The van der Waals surface area contributed by atoms with Crippen molar-refractivity contribution in [3.05, 3.63) is 11.8 Å². The van der Waals surface area contributed by atoms with Gasteiger partial charge in [0.1, 0.15) is 30.1 Å². The highest BCUT2D eigenvalue weighted by molar-refractivity contribution is 7.46. The molecule has 0 radical (unpaired) electrons.